The first-order valence-electron chi connectivity index (χ1n) is 10.4. The zero-order valence-corrected chi connectivity index (χ0v) is 18.0. The molecule has 2 aromatic heterocycles. The lowest BCUT2D eigenvalue weighted by Crippen LogP contribution is -2.26. The molecule has 2 heterocycles. The smallest absolute Gasteiger partial charge is 0.263 e. The molecule has 6 heteroatoms. The lowest BCUT2D eigenvalue weighted by Gasteiger charge is -2.18. The number of aryl methyl sites for hydroxylation is 2. The van der Waals surface area contributed by atoms with E-state index in [1.807, 2.05) is 28.8 Å². The van der Waals surface area contributed by atoms with Gasteiger partial charge >= 0.3 is 0 Å². The molecule has 29 heavy (non-hydrogen) atoms. The van der Waals surface area contributed by atoms with Gasteiger partial charge in [0.15, 0.2) is 5.16 Å². The Labute approximate surface area is 178 Å². The molecule has 1 saturated carbocycles. The molecule has 0 N–H and O–H groups in total. The van der Waals surface area contributed by atoms with E-state index in [2.05, 4.69) is 6.07 Å². The molecule has 1 fully saturated rings. The summed E-state index contributed by atoms with van der Waals surface area (Å²) in [5.41, 5.74) is 3.21. The summed E-state index contributed by atoms with van der Waals surface area (Å²) in [7, 11) is 0. The molecular weight excluding hydrogens is 398 g/mol. The van der Waals surface area contributed by atoms with E-state index in [4.69, 9.17) is 10.2 Å². The summed E-state index contributed by atoms with van der Waals surface area (Å²) in [5.74, 6) is 0.714. The number of hydrogen-bond acceptors (Lipinski definition) is 5. The van der Waals surface area contributed by atoms with Crippen LogP contribution in [-0.4, -0.2) is 9.55 Å². The predicted molar refractivity (Wildman–Crippen MR) is 119 cm³/mol. The highest BCUT2D eigenvalue weighted by molar-refractivity contribution is 7.98. The fraction of sp³-hybridized carbons (Fsp3) is 0.435. The lowest BCUT2D eigenvalue weighted by molar-refractivity contribution is 0.457. The predicted octanol–water partition coefficient (Wildman–Crippen LogP) is 5.62. The zero-order valence-electron chi connectivity index (χ0n) is 16.3. The van der Waals surface area contributed by atoms with Crippen molar-refractivity contribution in [3.8, 4) is 6.07 Å². The molecule has 0 bridgehead atoms. The molecule has 0 unspecified atom stereocenters. The first kappa shape index (κ1) is 18.9. The zero-order chi connectivity index (χ0) is 19.8. The summed E-state index contributed by atoms with van der Waals surface area (Å²) in [6.07, 6.45) is 9.00. The molecule has 0 amide bonds. The Hall–Kier alpha value is -2.10. The first-order valence-corrected chi connectivity index (χ1v) is 12.2. The maximum Gasteiger partial charge on any atom is 0.263 e. The molecule has 1 aromatic carbocycles. The molecule has 4 nitrogen and oxygen atoms in total. The standard InChI is InChI=1S/C23H23N3OS2/c24-13-15-6-5-7-16(12-15)14-28-23-25-21-20(18-10-3-4-11-19(18)29-21)22(27)26(23)17-8-1-2-9-17/h5-7,12,17H,1-4,8-11,14H2. The van der Waals surface area contributed by atoms with Crippen LogP contribution in [0.2, 0.25) is 0 Å². The van der Waals surface area contributed by atoms with Crippen LogP contribution in [0.15, 0.2) is 34.2 Å². The van der Waals surface area contributed by atoms with Crippen molar-refractivity contribution in [3.05, 3.63) is 56.2 Å². The van der Waals surface area contributed by atoms with Gasteiger partial charge in [-0.1, -0.05) is 36.7 Å². The Balaban J connectivity index is 1.58. The third-order valence-electron chi connectivity index (χ3n) is 6.10. The van der Waals surface area contributed by atoms with E-state index in [1.165, 1.54) is 36.1 Å². The fourth-order valence-electron chi connectivity index (χ4n) is 4.66. The number of hydrogen-bond donors (Lipinski definition) is 0. The number of thiophene rings is 1. The van der Waals surface area contributed by atoms with Crippen molar-refractivity contribution in [1.29, 1.82) is 5.26 Å². The van der Waals surface area contributed by atoms with Gasteiger partial charge in [0.05, 0.1) is 17.0 Å². The minimum Gasteiger partial charge on any atom is -0.284 e. The number of nitriles is 1. The van der Waals surface area contributed by atoms with Gasteiger partial charge in [0.2, 0.25) is 0 Å². The lowest BCUT2D eigenvalue weighted by atomic mass is 9.97. The molecule has 148 valence electrons. The van der Waals surface area contributed by atoms with Crippen molar-refractivity contribution >= 4 is 33.3 Å². The summed E-state index contributed by atoms with van der Waals surface area (Å²) >= 11 is 3.36. The molecule has 0 aliphatic heterocycles. The van der Waals surface area contributed by atoms with E-state index in [9.17, 15) is 4.79 Å². The van der Waals surface area contributed by atoms with Crippen LogP contribution in [0.4, 0.5) is 0 Å². The minimum absolute atomic E-state index is 0.176. The molecule has 2 aliphatic carbocycles. The minimum atomic E-state index is 0.176. The monoisotopic (exact) mass is 421 g/mol. The first-order chi connectivity index (χ1) is 14.2. The van der Waals surface area contributed by atoms with Gasteiger partial charge in [-0.3, -0.25) is 9.36 Å². The van der Waals surface area contributed by atoms with Gasteiger partial charge in [-0.05, 0) is 61.8 Å². The summed E-state index contributed by atoms with van der Waals surface area (Å²) < 4.78 is 2.01. The summed E-state index contributed by atoms with van der Waals surface area (Å²) in [4.78, 5) is 21.0. The average Bonchev–Trinajstić information content (AvgIpc) is 3.40. The van der Waals surface area contributed by atoms with Gasteiger partial charge in [-0.15, -0.1) is 11.3 Å². The average molecular weight is 422 g/mol. The van der Waals surface area contributed by atoms with Crippen LogP contribution < -0.4 is 5.56 Å². The van der Waals surface area contributed by atoms with Crippen LogP contribution in [0.5, 0.6) is 0 Å². The van der Waals surface area contributed by atoms with E-state index < -0.39 is 0 Å². The van der Waals surface area contributed by atoms with Crippen molar-refractivity contribution in [2.75, 3.05) is 0 Å². The van der Waals surface area contributed by atoms with E-state index >= 15 is 0 Å². The molecule has 3 aromatic rings. The second-order valence-corrected chi connectivity index (χ2v) is 10.0. The number of rotatable bonds is 4. The van der Waals surface area contributed by atoms with Gasteiger partial charge in [-0.2, -0.15) is 5.26 Å². The third-order valence-corrected chi connectivity index (χ3v) is 8.31. The van der Waals surface area contributed by atoms with Gasteiger partial charge in [0.1, 0.15) is 4.83 Å². The van der Waals surface area contributed by atoms with E-state index in [0.717, 1.165) is 46.6 Å². The van der Waals surface area contributed by atoms with Gasteiger partial charge in [0, 0.05) is 16.7 Å². The fourth-order valence-corrected chi connectivity index (χ4v) is 6.98. The molecule has 2 aliphatic rings. The molecule has 5 rings (SSSR count). The summed E-state index contributed by atoms with van der Waals surface area (Å²) in [5, 5.41) is 10.9. The molecule has 0 atom stereocenters. The quantitative estimate of drug-likeness (QED) is 0.405. The summed E-state index contributed by atoms with van der Waals surface area (Å²) in [6.45, 7) is 0. The van der Waals surface area contributed by atoms with Crippen molar-refractivity contribution in [2.24, 2.45) is 0 Å². The van der Waals surface area contributed by atoms with Crippen LogP contribution in [0.25, 0.3) is 10.2 Å². The molecular formula is C23H23N3OS2. The number of thioether (sulfide) groups is 1. The largest absolute Gasteiger partial charge is 0.284 e. The van der Waals surface area contributed by atoms with E-state index in [1.54, 1.807) is 23.1 Å². The van der Waals surface area contributed by atoms with Crippen molar-refractivity contribution in [1.82, 2.24) is 9.55 Å². The molecule has 0 radical (unpaired) electrons. The number of fused-ring (bicyclic) bond motifs is 3. The molecule has 0 saturated heterocycles. The highest BCUT2D eigenvalue weighted by Gasteiger charge is 2.26. The Morgan fingerprint density at radius 1 is 1.21 bits per heavy atom. The van der Waals surface area contributed by atoms with E-state index in [-0.39, 0.29) is 11.6 Å². The van der Waals surface area contributed by atoms with E-state index in [0.29, 0.717) is 11.3 Å². The van der Waals surface area contributed by atoms with Crippen molar-refractivity contribution in [2.45, 2.75) is 68.3 Å². The van der Waals surface area contributed by atoms with Gasteiger partial charge in [-0.25, -0.2) is 4.98 Å². The highest BCUT2D eigenvalue weighted by atomic mass is 32.2. The Kier molecular flexibility index (Phi) is 5.19. The number of aromatic nitrogens is 2. The maximum atomic E-state index is 13.7. The number of benzene rings is 1. The van der Waals surface area contributed by atoms with Crippen LogP contribution in [-0.2, 0) is 18.6 Å². The Bertz CT molecular complexity index is 1170. The van der Waals surface area contributed by atoms with Crippen molar-refractivity contribution in [3.63, 3.8) is 0 Å². The SMILES string of the molecule is N#Cc1cccc(CSc2nc3sc4c(c3c(=O)n2C2CCCC2)CCCC4)c1. The van der Waals surface area contributed by atoms with Crippen LogP contribution >= 0.6 is 23.1 Å². The van der Waals surface area contributed by atoms with Crippen LogP contribution in [0, 0.1) is 11.3 Å². The Morgan fingerprint density at radius 3 is 2.86 bits per heavy atom. The van der Waals surface area contributed by atoms with Gasteiger partial charge in [0.25, 0.3) is 5.56 Å². The summed E-state index contributed by atoms with van der Waals surface area (Å²) in [6, 6.07) is 10.2. The second kappa shape index (κ2) is 7.97. The van der Waals surface area contributed by atoms with Gasteiger partial charge < -0.3 is 0 Å². The number of nitrogens with zero attached hydrogens (tertiary/aromatic N) is 3. The normalized spacial score (nSPS) is 16.8. The topological polar surface area (TPSA) is 58.7 Å². The molecule has 0 spiro atoms. The second-order valence-electron chi connectivity index (χ2n) is 8.00. The highest BCUT2D eigenvalue weighted by Crippen LogP contribution is 2.37. The van der Waals surface area contributed by atoms with Crippen molar-refractivity contribution < 1.29 is 0 Å². The van der Waals surface area contributed by atoms with Crippen LogP contribution in [0.1, 0.15) is 66.1 Å². The maximum absolute atomic E-state index is 13.7. The third kappa shape index (κ3) is 3.51. The van der Waals surface area contributed by atoms with Crippen LogP contribution in [0.3, 0.4) is 0 Å². The Morgan fingerprint density at radius 2 is 2.03 bits per heavy atom.